The lowest BCUT2D eigenvalue weighted by atomic mass is 9.91. The second kappa shape index (κ2) is 8.32. The average Bonchev–Trinajstić information content (AvgIpc) is 3.47. The Morgan fingerprint density at radius 1 is 1.12 bits per heavy atom. The van der Waals surface area contributed by atoms with Gasteiger partial charge in [0.25, 0.3) is 0 Å². The van der Waals surface area contributed by atoms with Crippen molar-refractivity contribution < 1.29 is 14.0 Å². The van der Waals surface area contributed by atoms with Crippen LogP contribution >= 0.6 is 11.6 Å². The number of carbonyl (C=O) groups is 2. The van der Waals surface area contributed by atoms with Gasteiger partial charge >= 0.3 is 0 Å². The molecule has 1 aliphatic rings. The van der Waals surface area contributed by atoms with E-state index in [1.165, 1.54) is 18.2 Å². The molecule has 0 bridgehead atoms. The first kappa shape index (κ1) is 18.4. The number of benzene rings is 2. The van der Waals surface area contributed by atoms with Gasteiger partial charge in [0.15, 0.2) is 0 Å². The van der Waals surface area contributed by atoms with Crippen LogP contribution in [0.1, 0.15) is 30.7 Å². The molecule has 136 valence electrons. The molecular weight excluding hydrogens is 355 g/mol. The van der Waals surface area contributed by atoms with Gasteiger partial charge < -0.3 is 10.6 Å². The number of rotatable bonds is 7. The van der Waals surface area contributed by atoms with Gasteiger partial charge in [0.05, 0.1) is 11.6 Å². The number of carbonyl (C=O) groups excluding carboxylic acids is 2. The van der Waals surface area contributed by atoms with Crippen molar-refractivity contribution in [3.8, 4) is 0 Å². The van der Waals surface area contributed by atoms with Gasteiger partial charge in [-0.2, -0.15) is 0 Å². The largest absolute Gasteiger partial charge is 0.347 e. The van der Waals surface area contributed by atoms with Crippen LogP contribution in [0.4, 0.5) is 10.1 Å². The van der Waals surface area contributed by atoms with E-state index in [0.717, 1.165) is 18.4 Å². The molecule has 0 heterocycles. The van der Waals surface area contributed by atoms with E-state index in [1.807, 2.05) is 30.3 Å². The highest BCUT2D eigenvalue weighted by Gasteiger charge is 2.33. The summed E-state index contributed by atoms with van der Waals surface area (Å²) in [6.45, 7) is -0.139. The molecule has 0 spiro atoms. The molecule has 2 amide bonds. The van der Waals surface area contributed by atoms with Crippen molar-refractivity contribution >= 4 is 29.1 Å². The molecule has 2 aromatic rings. The molecule has 6 heteroatoms. The van der Waals surface area contributed by atoms with Crippen LogP contribution in [0.5, 0.6) is 0 Å². The number of halogens is 2. The minimum Gasteiger partial charge on any atom is -0.347 e. The molecule has 3 rings (SSSR count). The van der Waals surface area contributed by atoms with Crippen LogP contribution in [-0.2, 0) is 9.59 Å². The second-order valence-electron chi connectivity index (χ2n) is 6.51. The Balaban J connectivity index is 1.50. The minimum absolute atomic E-state index is 0.0676. The van der Waals surface area contributed by atoms with Crippen molar-refractivity contribution in [3.05, 3.63) is 64.9 Å². The lowest BCUT2D eigenvalue weighted by molar-refractivity contribution is -0.124. The summed E-state index contributed by atoms with van der Waals surface area (Å²) in [6, 6.07) is 13.9. The third kappa shape index (κ3) is 5.05. The summed E-state index contributed by atoms with van der Waals surface area (Å²) in [5, 5.41) is 5.17. The predicted octanol–water partition coefficient (Wildman–Crippen LogP) is 4.12. The number of nitrogens with one attached hydrogen (secondary N) is 2. The summed E-state index contributed by atoms with van der Waals surface area (Å²) in [6.07, 6.45) is 2.64. The number of hydrogen-bond acceptors (Lipinski definition) is 2. The standard InChI is InChI=1S/C20H20ClFN2O2/c21-17-10-15(8-9-18(17)22)24-20(26)12-23-19(25)11-16(14-6-7-14)13-4-2-1-3-5-13/h1-5,8-10,14,16H,6-7,11-12H2,(H,23,25)(H,24,26). The monoisotopic (exact) mass is 374 g/mol. The lowest BCUT2D eigenvalue weighted by Gasteiger charge is -2.16. The average molecular weight is 375 g/mol. The Labute approximate surface area is 156 Å². The lowest BCUT2D eigenvalue weighted by Crippen LogP contribution is -2.33. The zero-order valence-electron chi connectivity index (χ0n) is 14.2. The Bertz CT molecular complexity index is 794. The summed E-state index contributed by atoms with van der Waals surface area (Å²) in [7, 11) is 0. The van der Waals surface area contributed by atoms with Crippen molar-refractivity contribution in [2.24, 2.45) is 5.92 Å². The smallest absolute Gasteiger partial charge is 0.243 e. The Hall–Kier alpha value is -2.40. The van der Waals surface area contributed by atoms with Crippen LogP contribution in [0.15, 0.2) is 48.5 Å². The zero-order valence-corrected chi connectivity index (χ0v) is 14.9. The van der Waals surface area contributed by atoms with E-state index in [4.69, 9.17) is 11.6 Å². The summed E-state index contributed by atoms with van der Waals surface area (Å²) in [4.78, 5) is 24.2. The fourth-order valence-electron chi connectivity index (χ4n) is 2.99. The van der Waals surface area contributed by atoms with E-state index in [-0.39, 0.29) is 29.3 Å². The van der Waals surface area contributed by atoms with E-state index in [0.29, 0.717) is 18.0 Å². The van der Waals surface area contributed by atoms with Gasteiger partial charge in [-0.05, 0) is 48.4 Å². The fraction of sp³-hybridized carbons (Fsp3) is 0.300. The normalized spacial score (nSPS) is 14.5. The highest BCUT2D eigenvalue weighted by Crippen LogP contribution is 2.44. The molecular formula is C20H20ClFN2O2. The third-order valence-corrected chi connectivity index (χ3v) is 4.76. The molecule has 4 nitrogen and oxygen atoms in total. The van der Waals surface area contributed by atoms with Crippen LogP contribution in [-0.4, -0.2) is 18.4 Å². The van der Waals surface area contributed by atoms with Crippen LogP contribution in [0.3, 0.4) is 0 Å². The van der Waals surface area contributed by atoms with Crippen molar-refractivity contribution in [3.63, 3.8) is 0 Å². The first-order chi connectivity index (χ1) is 12.5. The number of anilines is 1. The maximum Gasteiger partial charge on any atom is 0.243 e. The van der Waals surface area contributed by atoms with Gasteiger partial charge in [-0.1, -0.05) is 41.9 Å². The molecule has 0 radical (unpaired) electrons. The Morgan fingerprint density at radius 2 is 1.85 bits per heavy atom. The van der Waals surface area contributed by atoms with Gasteiger partial charge in [0, 0.05) is 12.1 Å². The molecule has 2 aromatic carbocycles. The highest BCUT2D eigenvalue weighted by molar-refractivity contribution is 6.31. The molecule has 0 aromatic heterocycles. The molecule has 1 unspecified atom stereocenters. The molecule has 2 N–H and O–H groups in total. The predicted molar refractivity (Wildman–Crippen MR) is 99.6 cm³/mol. The first-order valence-electron chi connectivity index (χ1n) is 8.59. The van der Waals surface area contributed by atoms with Crippen molar-refractivity contribution in [2.75, 3.05) is 11.9 Å². The van der Waals surface area contributed by atoms with Crippen molar-refractivity contribution in [1.82, 2.24) is 5.32 Å². The van der Waals surface area contributed by atoms with E-state index >= 15 is 0 Å². The molecule has 0 aliphatic heterocycles. The van der Waals surface area contributed by atoms with Gasteiger partial charge in [0.2, 0.25) is 11.8 Å². The van der Waals surface area contributed by atoms with E-state index < -0.39 is 5.82 Å². The second-order valence-corrected chi connectivity index (χ2v) is 6.92. The van der Waals surface area contributed by atoms with Gasteiger partial charge in [-0.3, -0.25) is 9.59 Å². The third-order valence-electron chi connectivity index (χ3n) is 4.47. The van der Waals surface area contributed by atoms with Crippen LogP contribution < -0.4 is 10.6 Å². The fourth-order valence-corrected chi connectivity index (χ4v) is 3.17. The minimum atomic E-state index is -0.551. The summed E-state index contributed by atoms with van der Waals surface area (Å²) < 4.78 is 13.1. The molecule has 1 atom stereocenters. The van der Waals surface area contributed by atoms with Crippen molar-refractivity contribution in [2.45, 2.75) is 25.2 Å². The SMILES string of the molecule is O=C(CC(c1ccccc1)C1CC1)NCC(=O)Nc1ccc(F)c(Cl)c1. The molecule has 1 saturated carbocycles. The first-order valence-corrected chi connectivity index (χ1v) is 8.97. The van der Waals surface area contributed by atoms with E-state index in [2.05, 4.69) is 10.6 Å². The quantitative estimate of drug-likeness (QED) is 0.766. The van der Waals surface area contributed by atoms with Crippen LogP contribution in [0.2, 0.25) is 5.02 Å². The maximum absolute atomic E-state index is 13.1. The van der Waals surface area contributed by atoms with Crippen molar-refractivity contribution in [1.29, 1.82) is 0 Å². The van der Waals surface area contributed by atoms with E-state index in [9.17, 15) is 14.0 Å². The van der Waals surface area contributed by atoms with E-state index in [1.54, 1.807) is 0 Å². The van der Waals surface area contributed by atoms with Gasteiger partial charge in [-0.15, -0.1) is 0 Å². The number of hydrogen-bond donors (Lipinski definition) is 2. The Kier molecular flexibility index (Phi) is 5.89. The summed E-state index contributed by atoms with van der Waals surface area (Å²) >= 11 is 5.68. The molecule has 26 heavy (non-hydrogen) atoms. The van der Waals surface area contributed by atoms with Gasteiger partial charge in [-0.25, -0.2) is 4.39 Å². The Morgan fingerprint density at radius 3 is 2.50 bits per heavy atom. The summed E-state index contributed by atoms with van der Waals surface area (Å²) in [5.74, 6) is -0.361. The number of amides is 2. The van der Waals surface area contributed by atoms with Gasteiger partial charge in [0.1, 0.15) is 5.82 Å². The topological polar surface area (TPSA) is 58.2 Å². The molecule has 1 fully saturated rings. The maximum atomic E-state index is 13.1. The molecule has 0 saturated heterocycles. The van der Waals surface area contributed by atoms with Crippen LogP contribution in [0.25, 0.3) is 0 Å². The van der Waals surface area contributed by atoms with Crippen LogP contribution in [0, 0.1) is 11.7 Å². The summed E-state index contributed by atoms with van der Waals surface area (Å²) in [5.41, 5.74) is 1.55. The highest BCUT2D eigenvalue weighted by atomic mass is 35.5. The molecule has 1 aliphatic carbocycles. The zero-order chi connectivity index (χ0) is 18.5.